The molecule has 0 fully saturated rings. The van der Waals surface area contributed by atoms with E-state index in [1.807, 2.05) is 0 Å². The highest BCUT2D eigenvalue weighted by atomic mass is 16.5. The van der Waals surface area contributed by atoms with Gasteiger partial charge in [-0.2, -0.15) is 0 Å². The Morgan fingerprint density at radius 1 is 1.35 bits per heavy atom. The lowest BCUT2D eigenvalue weighted by atomic mass is 10.2. The van der Waals surface area contributed by atoms with Crippen LogP contribution in [0.4, 0.5) is 0 Å². The number of benzene rings is 1. The lowest BCUT2D eigenvalue weighted by Crippen LogP contribution is -2.07. The van der Waals surface area contributed by atoms with Gasteiger partial charge in [-0.15, -0.1) is 0 Å². The van der Waals surface area contributed by atoms with E-state index in [9.17, 15) is 4.79 Å². The smallest absolute Gasteiger partial charge is 0.323 e. The van der Waals surface area contributed by atoms with E-state index in [-0.39, 0.29) is 6.54 Å². The fourth-order valence-electron chi connectivity index (χ4n) is 1.66. The second-order valence-electron chi connectivity index (χ2n) is 3.46. The lowest BCUT2D eigenvalue weighted by Gasteiger charge is -2.08. The molecule has 90 valence electrons. The number of carbonyl (C=O) groups is 1. The van der Waals surface area contributed by atoms with Crippen LogP contribution in [-0.2, 0) is 11.3 Å². The van der Waals surface area contributed by atoms with Gasteiger partial charge in [0.1, 0.15) is 6.54 Å². The van der Waals surface area contributed by atoms with E-state index < -0.39 is 5.97 Å². The Morgan fingerprint density at radius 3 is 2.59 bits per heavy atom. The van der Waals surface area contributed by atoms with Crippen LogP contribution in [0, 0.1) is 0 Å². The van der Waals surface area contributed by atoms with Crippen molar-refractivity contribution in [3.8, 4) is 11.5 Å². The SMILES string of the molecule is COc1cc2ncn(CC(=O)O)c2cc1OC. The summed E-state index contributed by atoms with van der Waals surface area (Å²) in [6.45, 7) is -0.133. The molecule has 17 heavy (non-hydrogen) atoms. The molecule has 0 amide bonds. The maximum absolute atomic E-state index is 10.7. The minimum atomic E-state index is -0.918. The molecule has 0 atom stereocenters. The van der Waals surface area contributed by atoms with Crippen LogP contribution in [0.25, 0.3) is 11.0 Å². The molecule has 0 saturated heterocycles. The monoisotopic (exact) mass is 236 g/mol. The van der Waals surface area contributed by atoms with E-state index in [1.165, 1.54) is 20.5 Å². The van der Waals surface area contributed by atoms with E-state index in [0.29, 0.717) is 22.5 Å². The van der Waals surface area contributed by atoms with Crippen molar-refractivity contribution in [2.24, 2.45) is 0 Å². The Kier molecular flexibility index (Phi) is 2.86. The first kappa shape index (κ1) is 11.3. The predicted octanol–water partition coefficient (Wildman–Crippen LogP) is 1.14. The summed E-state index contributed by atoms with van der Waals surface area (Å²) in [5.41, 5.74) is 1.37. The van der Waals surface area contributed by atoms with E-state index in [1.54, 1.807) is 16.7 Å². The summed E-state index contributed by atoms with van der Waals surface area (Å²) in [6.07, 6.45) is 1.48. The number of methoxy groups -OCH3 is 2. The number of carboxylic acid groups (broad SMARTS) is 1. The summed E-state index contributed by atoms with van der Waals surface area (Å²) in [5.74, 6) is 0.201. The molecule has 1 N–H and O–H groups in total. The van der Waals surface area contributed by atoms with Gasteiger partial charge in [0.2, 0.25) is 0 Å². The van der Waals surface area contributed by atoms with E-state index >= 15 is 0 Å². The molecule has 1 heterocycles. The van der Waals surface area contributed by atoms with Crippen molar-refractivity contribution in [1.82, 2.24) is 9.55 Å². The number of rotatable bonds is 4. The minimum absolute atomic E-state index is 0.133. The Labute approximate surface area is 97.4 Å². The largest absolute Gasteiger partial charge is 0.493 e. The molecule has 6 nitrogen and oxygen atoms in total. The molecule has 0 bridgehead atoms. The zero-order valence-electron chi connectivity index (χ0n) is 9.51. The molecule has 0 unspecified atom stereocenters. The van der Waals surface area contributed by atoms with Gasteiger partial charge in [-0.25, -0.2) is 4.98 Å². The summed E-state index contributed by atoms with van der Waals surface area (Å²) < 4.78 is 11.8. The maximum atomic E-state index is 10.7. The Hall–Kier alpha value is -2.24. The van der Waals surface area contributed by atoms with Gasteiger partial charge < -0.3 is 19.1 Å². The van der Waals surface area contributed by atoms with Gasteiger partial charge in [-0.3, -0.25) is 4.79 Å². The Bertz CT molecular complexity index is 562. The fourth-order valence-corrected chi connectivity index (χ4v) is 1.66. The number of nitrogens with zero attached hydrogens (tertiary/aromatic N) is 2. The number of aromatic nitrogens is 2. The first-order chi connectivity index (χ1) is 8.15. The molecule has 2 rings (SSSR count). The van der Waals surface area contributed by atoms with Gasteiger partial charge >= 0.3 is 5.97 Å². The van der Waals surface area contributed by atoms with Crippen LogP contribution in [0.2, 0.25) is 0 Å². The first-order valence-corrected chi connectivity index (χ1v) is 4.94. The first-order valence-electron chi connectivity index (χ1n) is 4.94. The summed E-state index contributed by atoms with van der Waals surface area (Å²) in [6, 6.07) is 3.43. The van der Waals surface area contributed by atoms with Gasteiger partial charge in [0, 0.05) is 12.1 Å². The molecule has 0 saturated carbocycles. The number of fused-ring (bicyclic) bond motifs is 1. The highest BCUT2D eigenvalue weighted by molar-refractivity contribution is 5.81. The quantitative estimate of drug-likeness (QED) is 0.861. The van der Waals surface area contributed by atoms with E-state index in [0.717, 1.165) is 0 Å². The highest BCUT2D eigenvalue weighted by Gasteiger charge is 2.11. The number of aliphatic carboxylic acids is 1. The molecule has 2 aromatic rings. The standard InChI is InChI=1S/C11H12N2O4/c1-16-9-3-7-8(4-10(9)17-2)13(6-12-7)5-11(14)15/h3-4,6H,5H2,1-2H3,(H,14,15). The number of hydrogen-bond donors (Lipinski definition) is 1. The minimum Gasteiger partial charge on any atom is -0.493 e. The molecule has 0 radical (unpaired) electrons. The van der Waals surface area contributed by atoms with Crippen LogP contribution in [-0.4, -0.2) is 34.8 Å². The van der Waals surface area contributed by atoms with Crippen molar-refractivity contribution >= 4 is 17.0 Å². The summed E-state index contributed by atoms with van der Waals surface area (Å²) >= 11 is 0. The van der Waals surface area contributed by atoms with Crippen LogP contribution in [0.1, 0.15) is 0 Å². The summed E-state index contributed by atoms with van der Waals surface area (Å²) in [7, 11) is 3.07. The van der Waals surface area contributed by atoms with Crippen LogP contribution in [0.5, 0.6) is 11.5 Å². The maximum Gasteiger partial charge on any atom is 0.323 e. The van der Waals surface area contributed by atoms with Gasteiger partial charge in [-0.05, 0) is 0 Å². The van der Waals surface area contributed by atoms with Crippen molar-refractivity contribution in [3.63, 3.8) is 0 Å². The summed E-state index contributed by atoms with van der Waals surface area (Å²) in [5, 5.41) is 8.77. The average Bonchev–Trinajstić information content (AvgIpc) is 2.69. The zero-order chi connectivity index (χ0) is 12.4. The second kappa shape index (κ2) is 4.32. The third kappa shape index (κ3) is 2.01. The normalized spacial score (nSPS) is 10.5. The highest BCUT2D eigenvalue weighted by Crippen LogP contribution is 2.31. The number of carboxylic acids is 1. The second-order valence-corrected chi connectivity index (χ2v) is 3.46. The van der Waals surface area contributed by atoms with Crippen LogP contribution in [0.3, 0.4) is 0 Å². The number of ether oxygens (including phenoxy) is 2. The van der Waals surface area contributed by atoms with Crippen LogP contribution >= 0.6 is 0 Å². The van der Waals surface area contributed by atoms with Gasteiger partial charge in [-0.1, -0.05) is 0 Å². The van der Waals surface area contributed by atoms with Gasteiger partial charge in [0.25, 0.3) is 0 Å². The number of imidazole rings is 1. The van der Waals surface area contributed by atoms with Crippen molar-refractivity contribution in [1.29, 1.82) is 0 Å². The average molecular weight is 236 g/mol. The zero-order valence-corrected chi connectivity index (χ0v) is 9.51. The molecule has 0 aliphatic heterocycles. The molecule has 0 aliphatic carbocycles. The van der Waals surface area contributed by atoms with E-state index in [4.69, 9.17) is 14.6 Å². The molecular weight excluding hydrogens is 224 g/mol. The van der Waals surface area contributed by atoms with Gasteiger partial charge in [0.05, 0.1) is 31.6 Å². The Morgan fingerprint density at radius 2 is 2.00 bits per heavy atom. The lowest BCUT2D eigenvalue weighted by molar-refractivity contribution is -0.137. The molecule has 0 spiro atoms. The van der Waals surface area contributed by atoms with E-state index in [2.05, 4.69) is 4.98 Å². The van der Waals surface area contributed by atoms with Gasteiger partial charge in [0.15, 0.2) is 11.5 Å². The Balaban J connectivity index is 2.56. The molecule has 1 aromatic carbocycles. The topological polar surface area (TPSA) is 73.6 Å². The summed E-state index contributed by atoms with van der Waals surface area (Å²) in [4.78, 5) is 14.8. The molecule has 1 aromatic heterocycles. The fraction of sp³-hybridized carbons (Fsp3) is 0.273. The van der Waals surface area contributed by atoms with Crippen molar-refractivity contribution in [2.45, 2.75) is 6.54 Å². The third-order valence-corrected chi connectivity index (χ3v) is 2.43. The molecule has 0 aliphatic rings. The number of hydrogen-bond acceptors (Lipinski definition) is 4. The molecule has 6 heteroatoms. The van der Waals surface area contributed by atoms with Crippen molar-refractivity contribution in [3.05, 3.63) is 18.5 Å². The van der Waals surface area contributed by atoms with Crippen LogP contribution < -0.4 is 9.47 Å². The van der Waals surface area contributed by atoms with Crippen LogP contribution in [0.15, 0.2) is 18.5 Å². The van der Waals surface area contributed by atoms with Crippen molar-refractivity contribution < 1.29 is 19.4 Å². The third-order valence-electron chi connectivity index (χ3n) is 2.43. The predicted molar refractivity (Wildman–Crippen MR) is 60.5 cm³/mol. The molecular formula is C11H12N2O4. The van der Waals surface area contributed by atoms with Crippen molar-refractivity contribution in [2.75, 3.05) is 14.2 Å².